The lowest BCUT2D eigenvalue weighted by molar-refractivity contribution is 0.0549. The highest BCUT2D eigenvalue weighted by Gasteiger charge is 2.12. The second kappa shape index (κ2) is 7.78. The highest BCUT2D eigenvalue weighted by molar-refractivity contribution is 4.69. The first-order chi connectivity index (χ1) is 6.93. The van der Waals surface area contributed by atoms with Crippen LogP contribution in [0.5, 0.6) is 0 Å². The molecule has 1 fully saturated rings. The smallest absolute Gasteiger partial charge is 0.0621 e. The molecule has 1 heterocycles. The Hall–Kier alpha value is -0.590. The Balaban J connectivity index is 1.85. The van der Waals surface area contributed by atoms with Crippen molar-refractivity contribution in [2.45, 2.75) is 32.1 Å². The van der Waals surface area contributed by atoms with E-state index in [1.54, 1.807) is 0 Å². The van der Waals surface area contributed by atoms with Crippen LogP contribution in [0.2, 0.25) is 0 Å². The van der Waals surface area contributed by atoms with Crippen LogP contribution in [0.25, 0.3) is 0 Å². The zero-order valence-electron chi connectivity index (χ0n) is 8.80. The number of unbranched alkanes of at least 4 members (excludes halogenated alkanes) is 2. The third-order valence-corrected chi connectivity index (χ3v) is 2.58. The normalized spacial score (nSPS) is 21.8. The molecule has 0 aromatic heterocycles. The monoisotopic (exact) mass is 196 g/mol. The lowest BCUT2D eigenvalue weighted by atomic mass is 10.0. The molecule has 1 aliphatic heterocycles. The van der Waals surface area contributed by atoms with Crippen LogP contribution in [0.15, 0.2) is 0 Å². The van der Waals surface area contributed by atoms with Crippen LogP contribution >= 0.6 is 0 Å². The summed E-state index contributed by atoms with van der Waals surface area (Å²) in [5.74, 6) is 0.708. The van der Waals surface area contributed by atoms with Gasteiger partial charge in [0.25, 0.3) is 0 Å². The lowest BCUT2D eigenvalue weighted by Gasteiger charge is -2.22. The molecule has 14 heavy (non-hydrogen) atoms. The molecule has 0 amide bonds. The second-order valence-corrected chi connectivity index (χ2v) is 3.90. The average molecular weight is 196 g/mol. The van der Waals surface area contributed by atoms with Gasteiger partial charge in [-0.25, -0.2) is 0 Å². The van der Waals surface area contributed by atoms with Crippen molar-refractivity contribution in [2.24, 2.45) is 5.92 Å². The minimum atomic E-state index is 0.689. The van der Waals surface area contributed by atoms with Gasteiger partial charge in [-0.2, -0.15) is 5.26 Å². The second-order valence-electron chi connectivity index (χ2n) is 3.90. The van der Waals surface area contributed by atoms with Gasteiger partial charge in [-0.1, -0.05) is 0 Å². The van der Waals surface area contributed by atoms with Crippen LogP contribution in [0.3, 0.4) is 0 Å². The third-order valence-electron chi connectivity index (χ3n) is 2.58. The Morgan fingerprint density at radius 1 is 1.43 bits per heavy atom. The van der Waals surface area contributed by atoms with Crippen molar-refractivity contribution >= 4 is 0 Å². The summed E-state index contributed by atoms with van der Waals surface area (Å²) in [6, 6.07) is 2.16. The maximum Gasteiger partial charge on any atom is 0.0621 e. The van der Waals surface area contributed by atoms with Gasteiger partial charge in [0.15, 0.2) is 0 Å². The predicted molar refractivity (Wildman–Crippen MR) is 55.9 cm³/mol. The fourth-order valence-electron chi connectivity index (χ4n) is 1.73. The average Bonchev–Trinajstić information content (AvgIpc) is 2.25. The number of nitrogens with zero attached hydrogens (tertiary/aromatic N) is 1. The molecule has 0 aromatic carbocycles. The van der Waals surface area contributed by atoms with Crippen LogP contribution in [-0.2, 0) is 4.74 Å². The molecule has 1 atom stereocenters. The molecular weight excluding hydrogens is 176 g/mol. The minimum Gasteiger partial charge on any atom is -0.381 e. The Morgan fingerprint density at radius 2 is 2.36 bits per heavy atom. The predicted octanol–water partition coefficient (Wildman–Crippen LogP) is 1.70. The van der Waals surface area contributed by atoms with Crippen molar-refractivity contribution in [3.63, 3.8) is 0 Å². The highest BCUT2D eigenvalue weighted by atomic mass is 16.5. The van der Waals surface area contributed by atoms with Gasteiger partial charge in [0.1, 0.15) is 0 Å². The van der Waals surface area contributed by atoms with Crippen LogP contribution in [0.1, 0.15) is 32.1 Å². The maximum atomic E-state index is 8.34. The topological polar surface area (TPSA) is 45.0 Å². The van der Waals surface area contributed by atoms with E-state index in [1.807, 2.05) is 0 Å². The Bertz CT molecular complexity index is 171. The van der Waals surface area contributed by atoms with Gasteiger partial charge >= 0.3 is 0 Å². The van der Waals surface area contributed by atoms with Gasteiger partial charge in [0.05, 0.1) is 12.7 Å². The number of hydrogen-bond donors (Lipinski definition) is 1. The van der Waals surface area contributed by atoms with Crippen molar-refractivity contribution in [3.05, 3.63) is 0 Å². The van der Waals surface area contributed by atoms with E-state index in [2.05, 4.69) is 11.4 Å². The van der Waals surface area contributed by atoms with Gasteiger partial charge in [-0.3, -0.25) is 0 Å². The van der Waals surface area contributed by atoms with Crippen LogP contribution in [-0.4, -0.2) is 26.3 Å². The summed E-state index contributed by atoms with van der Waals surface area (Å²) < 4.78 is 5.39. The van der Waals surface area contributed by atoms with E-state index in [4.69, 9.17) is 10.00 Å². The molecule has 1 N–H and O–H groups in total. The van der Waals surface area contributed by atoms with Crippen LogP contribution in [0, 0.1) is 17.2 Å². The molecule has 0 aromatic rings. The molecule has 0 radical (unpaired) electrons. The van der Waals surface area contributed by atoms with Crippen molar-refractivity contribution < 1.29 is 4.74 Å². The standard InChI is InChI=1S/C11H20N2O/c12-6-2-1-3-7-13-9-11-5-4-8-14-10-11/h11,13H,1-5,7-10H2. The van der Waals surface area contributed by atoms with Gasteiger partial charge in [0.2, 0.25) is 0 Å². The molecule has 3 nitrogen and oxygen atoms in total. The van der Waals surface area contributed by atoms with Gasteiger partial charge in [-0.15, -0.1) is 0 Å². The Kier molecular flexibility index (Phi) is 6.38. The van der Waals surface area contributed by atoms with Crippen molar-refractivity contribution in [1.82, 2.24) is 5.32 Å². The fraction of sp³-hybridized carbons (Fsp3) is 0.909. The Morgan fingerprint density at radius 3 is 3.07 bits per heavy atom. The first kappa shape index (κ1) is 11.5. The van der Waals surface area contributed by atoms with E-state index in [0.717, 1.165) is 39.1 Å². The van der Waals surface area contributed by atoms with Crippen LogP contribution in [0.4, 0.5) is 0 Å². The highest BCUT2D eigenvalue weighted by Crippen LogP contribution is 2.11. The lowest BCUT2D eigenvalue weighted by Crippen LogP contribution is -2.29. The summed E-state index contributed by atoms with van der Waals surface area (Å²) in [6.07, 6.45) is 5.33. The van der Waals surface area contributed by atoms with E-state index < -0.39 is 0 Å². The number of nitriles is 1. The molecule has 1 saturated heterocycles. The molecule has 3 heteroatoms. The van der Waals surface area contributed by atoms with Crippen molar-refractivity contribution in [1.29, 1.82) is 5.26 Å². The van der Waals surface area contributed by atoms with Crippen molar-refractivity contribution in [3.8, 4) is 6.07 Å². The molecule has 1 aliphatic rings. The van der Waals surface area contributed by atoms with Gasteiger partial charge in [-0.05, 0) is 38.1 Å². The number of nitrogens with one attached hydrogen (secondary N) is 1. The zero-order valence-corrected chi connectivity index (χ0v) is 8.80. The van der Waals surface area contributed by atoms with Crippen LogP contribution < -0.4 is 5.32 Å². The van der Waals surface area contributed by atoms with E-state index in [1.165, 1.54) is 12.8 Å². The third kappa shape index (κ3) is 5.21. The number of ether oxygens (including phenoxy) is 1. The first-order valence-electron chi connectivity index (χ1n) is 5.59. The molecule has 0 saturated carbocycles. The van der Waals surface area contributed by atoms with Gasteiger partial charge in [0, 0.05) is 19.6 Å². The van der Waals surface area contributed by atoms with E-state index in [0.29, 0.717) is 12.3 Å². The minimum absolute atomic E-state index is 0.689. The molecule has 0 bridgehead atoms. The summed E-state index contributed by atoms with van der Waals surface area (Å²) in [5.41, 5.74) is 0. The molecule has 80 valence electrons. The molecular formula is C11H20N2O. The van der Waals surface area contributed by atoms with E-state index in [9.17, 15) is 0 Å². The SMILES string of the molecule is N#CCCCCNCC1CCCOC1. The van der Waals surface area contributed by atoms with Crippen molar-refractivity contribution in [2.75, 3.05) is 26.3 Å². The summed E-state index contributed by atoms with van der Waals surface area (Å²) in [5, 5.41) is 11.8. The molecule has 1 unspecified atom stereocenters. The largest absolute Gasteiger partial charge is 0.381 e. The summed E-state index contributed by atoms with van der Waals surface area (Å²) in [7, 11) is 0. The molecule has 1 rings (SSSR count). The van der Waals surface area contributed by atoms with Gasteiger partial charge < -0.3 is 10.1 Å². The Labute approximate surface area is 86.4 Å². The maximum absolute atomic E-state index is 8.34. The molecule has 0 aliphatic carbocycles. The van der Waals surface area contributed by atoms with E-state index >= 15 is 0 Å². The summed E-state index contributed by atoms with van der Waals surface area (Å²) in [4.78, 5) is 0. The summed E-state index contributed by atoms with van der Waals surface area (Å²) >= 11 is 0. The van der Waals surface area contributed by atoms with E-state index in [-0.39, 0.29) is 0 Å². The first-order valence-corrected chi connectivity index (χ1v) is 5.59. The fourth-order valence-corrected chi connectivity index (χ4v) is 1.73. The number of hydrogen-bond acceptors (Lipinski definition) is 3. The summed E-state index contributed by atoms with van der Waals surface area (Å²) in [6.45, 7) is 3.98. The molecule has 0 spiro atoms. The number of rotatable bonds is 6. The zero-order chi connectivity index (χ0) is 10.1. The quantitative estimate of drug-likeness (QED) is 0.658.